The van der Waals surface area contributed by atoms with Gasteiger partial charge in [-0.2, -0.15) is 0 Å². The minimum atomic E-state index is 0.126. The number of para-hydroxylation sites is 2. The van der Waals surface area contributed by atoms with Crippen molar-refractivity contribution in [2.24, 2.45) is 0 Å². The van der Waals surface area contributed by atoms with Crippen molar-refractivity contribution in [2.45, 2.75) is 0 Å². The van der Waals surface area contributed by atoms with Crippen molar-refractivity contribution >= 4 is 112 Å². The quantitative estimate of drug-likeness (QED) is 0.172. The zero-order valence-electron chi connectivity index (χ0n) is 28.8. The molecule has 244 valence electrons. The van der Waals surface area contributed by atoms with E-state index in [9.17, 15) is 0 Å². The number of hydrogen-bond acceptors (Lipinski definition) is 3. The minimum Gasteiger partial charge on any atom is -0.307 e. The summed E-state index contributed by atoms with van der Waals surface area (Å²) in [5, 5.41) is 2.66. The van der Waals surface area contributed by atoms with Crippen LogP contribution < -0.4 is 42.6 Å². The molecule has 0 saturated carbocycles. The highest BCUT2D eigenvalue weighted by Crippen LogP contribution is 2.55. The van der Waals surface area contributed by atoms with Gasteiger partial charge in [0.15, 0.2) is 0 Å². The molecule has 9 aromatic rings. The Labute approximate surface area is 313 Å². The summed E-state index contributed by atoms with van der Waals surface area (Å²) in [7, 11) is 0. The molecule has 0 atom stereocenters. The van der Waals surface area contributed by atoms with E-state index in [0.717, 1.165) is 5.69 Å². The maximum atomic E-state index is 2.59. The normalized spacial score (nSPS) is 13.5. The summed E-state index contributed by atoms with van der Waals surface area (Å²) in [6, 6.07) is 67.9. The van der Waals surface area contributed by atoms with Gasteiger partial charge in [0.1, 0.15) is 0 Å². The summed E-state index contributed by atoms with van der Waals surface area (Å²) >= 11 is 1.88. The van der Waals surface area contributed by atoms with Gasteiger partial charge < -0.3 is 9.80 Å². The molecule has 2 nitrogen and oxygen atoms in total. The van der Waals surface area contributed by atoms with Crippen molar-refractivity contribution in [1.82, 2.24) is 0 Å². The largest absolute Gasteiger partial charge is 0.307 e. The van der Waals surface area contributed by atoms with Gasteiger partial charge in [0.25, 0.3) is 0 Å². The molecule has 0 spiro atoms. The van der Waals surface area contributed by atoms with Crippen molar-refractivity contribution < 1.29 is 0 Å². The molecule has 0 bridgehead atoms. The predicted octanol–water partition coefficient (Wildman–Crippen LogP) is 8.63. The van der Waals surface area contributed by atoms with Gasteiger partial charge >= 0.3 is 0 Å². The van der Waals surface area contributed by atoms with E-state index in [-0.39, 0.29) is 13.4 Å². The Morgan fingerprint density at radius 1 is 0.377 bits per heavy atom. The van der Waals surface area contributed by atoms with Crippen LogP contribution in [0.3, 0.4) is 0 Å². The van der Waals surface area contributed by atoms with Crippen LogP contribution in [0.2, 0.25) is 0 Å². The van der Waals surface area contributed by atoms with E-state index < -0.39 is 0 Å². The first kappa shape index (κ1) is 29.3. The molecule has 53 heavy (non-hydrogen) atoms. The van der Waals surface area contributed by atoms with E-state index in [1.54, 1.807) is 0 Å². The standard InChI is InChI=1S/C48H30B2N2S/c1-3-13-33(14-4-1)49-37-18-8-9-19-38(37)50-40-21-12-23-43-48(40)52(42-22-11-20-39(49)47(42)50)44-29-31(26-28-41(44)51(43)34-15-5-2-6-16-34)32-25-27-36-35-17-7-10-24-45(35)53-46(36)30-32/h1-30H. The highest BCUT2D eigenvalue weighted by Gasteiger charge is 2.47. The first-order chi connectivity index (χ1) is 26.3. The second-order valence-electron chi connectivity index (χ2n) is 14.4. The lowest BCUT2D eigenvalue weighted by atomic mass is 9.20. The molecular weight excluding hydrogens is 658 g/mol. The van der Waals surface area contributed by atoms with E-state index in [1.165, 1.54) is 92.5 Å². The maximum absolute atomic E-state index is 2.59. The Hall–Kier alpha value is -6.29. The summed E-state index contributed by atoms with van der Waals surface area (Å²) in [6.07, 6.45) is 0. The molecule has 1 aromatic heterocycles. The molecule has 0 saturated heterocycles. The molecule has 0 radical (unpaired) electrons. The SMILES string of the molecule is c1ccc(B2c3ccccc3B3c4cccc5c4N(c4cc(-c6ccc7c(c6)sc6ccccc67)ccc4N5c4ccccc4)c4cccc2c43)cc1. The Balaban J connectivity index is 1.13. The molecule has 12 rings (SSSR count). The Morgan fingerprint density at radius 2 is 1.02 bits per heavy atom. The van der Waals surface area contributed by atoms with Gasteiger partial charge in [-0.15, -0.1) is 11.3 Å². The molecule has 0 amide bonds. The third kappa shape index (κ3) is 4.11. The Kier molecular flexibility index (Phi) is 6.14. The van der Waals surface area contributed by atoms with Crippen LogP contribution in [0.25, 0.3) is 31.3 Å². The molecule has 8 aromatic carbocycles. The third-order valence-electron chi connectivity index (χ3n) is 11.7. The topological polar surface area (TPSA) is 6.48 Å². The summed E-state index contributed by atoms with van der Waals surface area (Å²) in [4.78, 5) is 5.06. The van der Waals surface area contributed by atoms with Crippen molar-refractivity contribution in [2.75, 3.05) is 9.80 Å². The van der Waals surface area contributed by atoms with Crippen LogP contribution in [-0.4, -0.2) is 13.4 Å². The van der Waals surface area contributed by atoms with Crippen LogP contribution in [-0.2, 0) is 0 Å². The molecule has 0 N–H and O–H groups in total. The molecule has 5 heteroatoms. The fraction of sp³-hybridized carbons (Fsp3) is 0. The highest BCUT2D eigenvalue weighted by atomic mass is 32.1. The number of anilines is 6. The summed E-state index contributed by atoms with van der Waals surface area (Å²) in [5.74, 6) is 0. The molecule has 3 aliphatic rings. The van der Waals surface area contributed by atoms with Crippen molar-refractivity contribution in [3.05, 3.63) is 182 Å². The number of nitrogens with zero attached hydrogens (tertiary/aromatic N) is 2. The Bertz CT molecular complexity index is 2940. The minimum absolute atomic E-state index is 0.126. The summed E-state index contributed by atoms with van der Waals surface area (Å²) in [5.41, 5.74) is 18.0. The van der Waals surface area contributed by atoms with Gasteiger partial charge in [0.05, 0.1) is 22.7 Å². The van der Waals surface area contributed by atoms with Gasteiger partial charge in [-0.05, 0) is 70.6 Å². The number of fused-ring (bicyclic) bond motifs is 9. The van der Waals surface area contributed by atoms with Crippen LogP contribution in [0.1, 0.15) is 0 Å². The zero-order valence-corrected chi connectivity index (χ0v) is 29.6. The number of benzene rings is 8. The molecule has 0 fully saturated rings. The average Bonchev–Trinajstić information content (AvgIpc) is 3.60. The van der Waals surface area contributed by atoms with E-state index in [0.29, 0.717) is 0 Å². The molecule has 0 unspecified atom stereocenters. The highest BCUT2D eigenvalue weighted by molar-refractivity contribution is 7.25. The van der Waals surface area contributed by atoms with Gasteiger partial charge in [-0.1, -0.05) is 155 Å². The van der Waals surface area contributed by atoms with E-state index >= 15 is 0 Å². The lowest BCUT2D eigenvalue weighted by Crippen LogP contribution is -2.76. The molecule has 4 heterocycles. The lowest BCUT2D eigenvalue weighted by molar-refractivity contribution is 1.18. The van der Waals surface area contributed by atoms with Crippen LogP contribution in [0.4, 0.5) is 34.1 Å². The fourth-order valence-electron chi connectivity index (χ4n) is 9.56. The van der Waals surface area contributed by atoms with Crippen LogP contribution in [0.15, 0.2) is 182 Å². The molecular formula is C48H30B2N2S. The van der Waals surface area contributed by atoms with Crippen molar-refractivity contribution in [3.63, 3.8) is 0 Å². The average molecular weight is 688 g/mol. The van der Waals surface area contributed by atoms with E-state index in [2.05, 4.69) is 192 Å². The smallest absolute Gasteiger partial charge is 0.245 e. The fourth-order valence-corrected chi connectivity index (χ4v) is 10.7. The third-order valence-corrected chi connectivity index (χ3v) is 12.8. The van der Waals surface area contributed by atoms with Crippen LogP contribution >= 0.6 is 11.3 Å². The zero-order chi connectivity index (χ0) is 34.6. The molecule has 0 aliphatic carbocycles. The first-order valence-electron chi connectivity index (χ1n) is 18.4. The van der Waals surface area contributed by atoms with Crippen molar-refractivity contribution in [3.8, 4) is 11.1 Å². The van der Waals surface area contributed by atoms with Gasteiger partial charge in [0, 0.05) is 31.5 Å². The Morgan fingerprint density at radius 3 is 1.87 bits per heavy atom. The maximum Gasteiger partial charge on any atom is 0.245 e. The van der Waals surface area contributed by atoms with Gasteiger partial charge in [-0.3, -0.25) is 0 Å². The monoisotopic (exact) mass is 688 g/mol. The van der Waals surface area contributed by atoms with E-state index in [4.69, 9.17) is 0 Å². The number of hydrogen-bond donors (Lipinski definition) is 0. The van der Waals surface area contributed by atoms with Gasteiger partial charge in [-0.25, -0.2) is 0 Å². The number of thiophene rings is 1. The summed E-state index contributed by atoms with van der Waals surface area (Å²) < 4.78 is 2.66. The van der Waals surface area contributed by atoms with Crippen LogP contribution in [0, 0.1) is 0 Å². The summed E-state index contributed by atoms with van der Waals surface area (Å²) in [6.45, 7) is 0.286. The van der Waals surface area contributed by atoms with Crippen molar-refractivity contribution in [1.29, 1.82) is 0 Å². The lowest BCUT2D eigenvalue weighted by Gasteiger charge is -2.47. The second kappa shape index (κ2) is 11.1. The first-order valence-corrected chi connectivity index (χ1v) is 19.2. The van der Waals surface area contributed by atoms with Crippen LogP contribution in [0.5, 0.6) is 0 Å². The number of rotatable bonds is 3. The van der Waals surface area contributed by atoms with Gasteiger partial charge in [0.2, 0.25) is 13.4 Å². The molecule has 3 aliphatic heterocycles. The van der Waals surface area contributed by atoms with E-state index in [1.807, 2.05) is 11.3 Å². The second-order valence-corrected chi connectivity index (χ2v) is 15.5. The predicted molar refractivity (Wildman–Crippen MR) is 230 cm³/mol.